The molecule has 0 heterocycles. The van der Waals surface area contributed by atoms with Crippen LogP contribution in [0.5, 0.6) is 5.75 Å². The first-order valence-electron chi connectivity index (χ1n) is 10.6. The first-order valence-corrected chi connectivity index (χ1v) is 11.8. The lowest BCUT2D eigenvalue weighted by atomic mass is 10.1. The van der Waals surface area contributed by atoms with Crippen molar-refractivity contribution in [3.8, 4) is 5.75 Å². The number of carbonyl (C=O) groups is 1. The third-order valence-corrected chi connectivity index (χ3v) is 5.69. The number of methoxy groups -OCH3 is 1. The van der Waals surface area contributed by atoms with E-state index in [-0.39, 0.29) is 5.91 Å². The molecule has 0 atom stereocenters. The molecule has 2 N–H and O–H groups in total. The minimum absolute atomic E-state index is 0.165. The largest absolute Gasteiger partial charge is 0.495 e. The van der Waals surface area contributed by atoms with Gasteiger partial charge in [0.15, 0.2) is 5.11 Å². The van der Waals surface area contributed by atoms with Crippen molar-refractivity contribution >= 4 is 69.2 Å². The molecule has 4 aromatic carbocycles. The highest BCUT2D eigenvalue weighted by Crippen LogP contribution is 2.34. The van der Waals surface area contributed by atoms with Crippen LogP contribution in [0.4, 0.5) is 22.7 Å². The number of amides is 1. The van der Waals surface area contributed by atoms with E-state index in [0.717, 1.165) is 5.69 Å². The van der Waals surface area contributed by atoms with Gasteiger partial charge in [0.2, 0.25) is 0 Å². The highest BCUT2D eigenvalue weighted by molar-refractivity contribution is 7.80. The predicted octanol–water partition coefficient (Wildman–Crippen LogP) is 7.79. The number of anilines is 4. The van der Waals surface area contributed by atoms with E-state index >= 15 is 0 Å². The smallest absolute Gasteiger partial charge is 0.262 e. The zero-order chi connectivity index (χ0) is 24.8. The summed E-state index contributed by atoms with van der Waals surface area (Å²) in [5.74, 6) is 0.393. The zero-order valence-electron chi connectivity index (χ0n) is 18.7. The van der Waals surface area contributed by atoms with Crippen LogP contribution in [-0.4, -0.2) is 18.1 Å². The van der Waals surface area contributed by atoms with E-state index < -0.39 is 0 Å². The Morgan fingerprint density at radius 3 is 2.06 bits per heavy atom. The fourth-order valence-electron chi connectivity index (χ4n) is 3.51. The van der Waals surface area contributed by atoms with Crippen LogP contribution in [0.1, 0.15) is 10.4 Å². The van der Waals surface area contributed by atoms with Crippen molar-refractivity contribution in [2.75, 3.05) is 22.6 Å². The molecule has 0 unspecified atom stereocenters. The van der Waals surface area contributed by atoms with Gasteiger partial charge in [-0.1, -0.05) is 59.6 Å². The Morgan fingerprint density at radius 1 is 0.800 bits per heavy atom. The number of hydrogen-bond donors (Lipinski definition) is 2. The average Bonchev–Trinajstić information content (AvgIpc) is 2.85. The summed E-state index contributed by atoms with van der Waals surface area (Å²) >= 11 is 17.7. The summed E-state index contributed by atoms with van der Waals surface area (Å²) in [6.07, 6.45) is 0. The second kappa shape index (κ2) is 11.2. The maximum atomic E-state index is 13.5. The fraction of sp³-hybridized carbons (Fsp3) is 0.0370. The van der Waals surface area contributed by atoms with Crippen LogP contribution in [0.25, 0.3) is 0 Å². The molecule has 0 aliphatic heterocycles. The molecule has 0 fully saturated rings. The lowest BCUT2D eigenvalue weighted by molar-refractivity contribution is 0.0999. The van der Waals surface area contributed by atoms with Gasteiger partial charge in [0.25, 0.3) is 5.91 Å². The summed E-state index contributed by atoms with van der Waals surface area (Å²) in [7, 11) is 1.57. The SMILES string of the molecule is COc1ccc(N(C(=O)c2ccccc2)c2ccccc2)cc1NC(=S)Nc1cc(Cl)cc(Cl)c1. The van der Waals surface area contributed by atoms with Crippen molar-refractivity contribution in [2.24, 2.45) is 0 Å². The monoisotopic (exact) mass is 521 g/mol. The van der Waals surface area contributed by atoms with Crippen LogP contribution in [0, 0.1) is 0 Å². The van der Waals surface area contributed by atoms with Crippen molar-refractivity contribution in [2.45, 2.75) is 0 Å². The Balaban J connectivity index is 1.68. The molecule has 4 rings (SSSR count). The second-order valence-electron chi connectivity index (χ2n) is 7.46. The van der Waals surface area contributed by atoms with E-state index in [2.05, 4.69) is 10.6 Å². The number of thiocarbonyl (C=S) groups is 1. The van der Waals surface area contributed by atoms with Crippen LogP contribution >= 0.6 is 35.4 Å². The molecule has 8 heteroatoms. The third-order valence-electron chi connectivity index (χ3n) is 5.05. The van der Waals surface area contributed by atoms with Crippen molar-refractivity contribution in [1.29, 1.82) is 0 Å². The van der Waals surface area contributed by atoms with E-state index in [4.69, 9.17) is 40.2 Å². The molecule has 0 radical (unpaired) electrons. The summed E-state index contributed by atoms with van der Waals surface area (Å²) in [5, 5.41) is 7.49. The standard InChI is InChI=1S/C27H21Cl2N3O2S/c1-34-25-13-12-23(17-24(25)31-27(35)30-21-15-19(28)14-20(29)16-21)32(22-10-6-3-7-11-22)26(33)18-8-4-2-5-9-18/h2-17H,1H3,(H2,30,31,35). The molecule has 0 bridgehead atoms. The molecule has 0 aliphatic carbocycles. The maximum absolute atomic E-state index is 13.5. The summed E-state index contributed by atoms with van der Waals surface area (Å²) in [6.45, 7) is 0. The summed E-state index contributed by atoms with van der Waals surface area (Å²) in [5.41, 5.74) is 3.16. The van der Waals surface area contributed by atoms with Crippen molar-refractivity contribution < 1.29 is 9.53 Å². The molecule has 176 valence electrons. The van der Waals surface area contributed by atoms with Crippen molar-refractivity contribution in [3.63, 3.8) is 0 Å². The Kier molecular flexibility index (Phi) is 7.87. The van der Waals surface area contributed by atoms with Gasteiger partial charge >= 0.3 is 0 Å². The second-order valence-corrected chi connectivity index (χ2v) is 8.75. The lowest BCUT2D eigenvalue weighted by Crippen LogP contribution is -2.26. The molecular formula is C27H21Cl2N3O2S. The highest BCUT2D eigenvalue weighted by atomic mass is 35.5. The number of hydrogen-bond acceptors (Lipinski definition) is 3. The number of halogens is 2. The summed E-state index contributed by atoms with van der Waals surface area (Å²) in [6, 6.07) is 29.1. The number of nitrogens with zero attached hydrogens (tertiary/aromatic N) is 1. The van der Waals surface area contributed by atoms with Gasteiger partial charge in [-0.3, -0.25) is 9.69 Å². The number of carbonyl (C=O) groups excluding carboxylic acids is 1. The van der Waals surface area contributed by atoms with Crippen molar-refractivity contribution in [3.05, 3.63) is 113 Å². The molecule has 0 saturated heterocycles. The molecule has 0 aromatic heterocycles. The van der Waals surface area contributed by atoms with Crippen LogP contribution < -0.4 is 20.3 Å². The Hall–Kier alpha value is -3.58. The Bertz CT molecular complexity index is 1330. The third kappa shape index (κ3) is 6.11. The molecule has 35 heavy (non-hydrogen) atoms. The molecule has 0 saturated carbocycles. The Morgan fingerprint density at radius 2 is 1.43 bits per heavy atom. The molecular weight excluding hydrogens is 501 g/mol. The quantitative estimate of drug-likeness (QED) is 0.253. The molecule has 1 amide bonds. The van der Waals surface area contributed by atoms with E-state index in [9.17, 15) is 4.79 Å². The van der Waals surface area contributed by atoms with E-state index in [0.29, 0.717) is 43.5 Å². The van der Waals surface area contributed by atoms with Crippen LogP contribution in [0.3, 0.4) is 0 Å². The zero-order valence-corrected chi connectivity index (χ0v) is 21.0. The fourth-order valence-corrected chi connectivity index (χ4v) is 4.27. The summed E-state index contributed by atoms with van der Waals surface area (Å²) < 4.78 is 5.52. The first-order chi connectivity index (χ1) is 16.9. The number of para-hydroxylation sites is 1. The predicted molar refractivity (Wildman–Crippen MR) is 149 cm³/mol. The lowest BCUT2D eigenvalue weighted by Gasteiger charge is -2.24. The minimum Gasteiger partial charge on any atom is -0.495 e. The van der Waals surface area contributed by atoms with Gasteiger partial charge in [0, 0.05) is 27.0 Å². The van der Waals surface area contributed by atoms with E-state index in [1.54, 1.807) is 48.4 Å². The van der Waals surface area contributed by atoms with Crippen LogP contribution in [0.2, 0.25) is 10.0 Å². The van der Waals surface area contributed by atoms with Gasteiger partial charge < -0.3 is 15.4 Å². The minimum atomic E-state index is -0.165. The normalized spacial score (nSPS) is 10.4. The van der Waals surface area contributed by atoms with Crippen LogP contribution in [0.15, 0.2) is 97.1 Å². The van der Waals surface area contributed by atoms with Crippen molar-refractivity contribution in [1.82, 2.24) is 0 Å². The molecule has 4 aromatic rings. The molecule has 0 spiro atoms. The highest BCUT2D eigenvalue weighted by Gasteiger charge is 2.21. The average molecular weight is 522 g/mol. The van der Waals surface area contributed by atoms with Gasteiger partial charge in [-0.05, 0) is 72.9 Å². The van der Waals surface area contributed by atoms with E-state index in [1.807, 2.05) is 60.7 Å². The maximum Gasteiger partial charge on any atom is 0.262 e. The van der Waals surface area contributed by atoms with Gasteiger partial charge in [0.1, 0.15) is 5.75 Å². The number of nitrogens with one attached hydrogen (secondary N) is 2. The number of ether oxygens (including phenoxy) is 1. The Labute approximate surface area is 219 Å². The van der Waals surface area contributed by atoms with Gasteiger partial charge in [0.05, 0.1) is 18.5 Å². The molecule has 0 aliphatic rings. The molecule has 5 nitrogen and oxygen atoms in total. The first kappa shape index (κ1) is 24.5. The topological polar surface area (TPSA) is 53.6 Å². The van der Waals surface area contributed by atoms with E-state index in [1.165, 1.54) is 0 Å². The van der Waals surface area contributed by atoms with Crippen LogP contribution in [-0.2, 0) is 0 Å². The van der Waals surface area contributed by atoms with Gasteiger partial charge in [-0.2, -0.15) is 0 Å². The van der Waals surface area contributed by atoms with Gasteiger partial charge in [-0.15, -0.1) is 0 Å². The number of benzene rings is 4. The summed E-state index contributed by atoms with van der Waals surface area (Å²) in [4.78, 5) is 15.2. The van der Waals surface area contributed by atoms with Gasteiger partial charge in [-0.25, -0.2) is 0 Å². The number of rotatable bonds is 6.